The van der Waals surface area contributed by atoms with Crippen molar-refractivity contribution in [2.24, 2.45) is 0 Å². The number of aryl methyl sites for hydroxylation is 1. The topological polar surface area (TPSA) is 48.1 Å². The highest BCUT2D eigenvalue weighted by Crippen LogP contribution is 2.33. The van der Waals surface area contributed by atoms with E-state index in [1.165, 1.54) is 6.20 Å². The zero-order valence-electron chi connectivity index (χ0n) is 9.08. The summed E-state index contributed by atoms with van der Waals surface area (Å²) in [5, 5.41) is 0.567. The molecule has 0 amide bonds. The molecular weight excluding hydrogens is 304 g/mol. The third-order valence-corrected chi connectivity index (χ3v) is 2.86. The molecule has 0 spiro atoms. The zero-order valence-corrected chi connectivity index (χ0v) is 11.4. The van der Waals surface area contributed by atoms with Crippen molar-refractivity contribution in [2.45, 2.75) is 6.92 Å². The summed E-state index contributed by atoms with van der Waals surface area (Å²) in [6, 6.07) is 7.14. The second-order valence-electron chi connectivity index (χ2n) is 3.56. The van der Waals surface area contributed by atoms with Crippen LogP contribution in [0.2, 0.25) is 5.02 Å². The molecule has 1 heterocycles. The second-order valence-corrected chi connectivity index (χ2v) is 4.91. The van der Waals surface area contributed by atoms with Crippen LogP contribution in [0.25, 0.3) is 0 Å². The number of pyridine rings is 1. The largest absolute Gasteiger partial charge is 0.437 e. The van der Waals surface area contributed by atoms with Crippen molar-refractivity contribution in [3.05, 3.63) is 45.5 Å². The molecule has 0 radical (unpaired) electrons. The van der Waals surface area contributed by atoms with Crippen LogP contribution in [0, 0.1) is 6.92 Å². The number of nitrogen functional groups attached to an aromatic ring is 1. The number of anilines is 1. The van der Waals surface area contributed by atoms with Crippen LogP contribution in [0.5, 0.6) is 11.6 Å². The van der Waals surface area contributed by atoms with Crippen molar-refractivity contribution in [2.75, 3.05) is 5.73 Å². The fourth-order valence-corrected chi connectivity index (χ4v) is 2.12. The highest BCUT2D eigenvalue weighted by Gasteiger charge is 2.08. The first-order valence-electron chi connectivity index (χ1n) is 4.91. The fraction of sp³-hybridized carbons (Fsp3) is 0.0833. The van der Waals surface area contributed by atoms with E-state index in [2.05, 4.69) is 20.9 Å². The molecule has 0 saturated carbocycles. The summed E-state index contributed by atoms with van der Waals surface area (Å²) in [7, 11) is 0. The number of ether oxygens (including phenoxy) is 1. The summed E-state index contributed by atoms with van der Waals surface area (Å²) >= 11 is 9.12. The number of nitrogens with zero attached hydrogens (tertiary/aromatic N) is 1. The Morgan fingerprint density at radius 1 is 1.35 bits per heavy atom. The summed E-state index contributed by atoms with van der Waals surface area (Å²) in [6.45, 7) is 1.92. The Hall–Kier alpha value is -1.26. The zero-order chi connectivity index (χ0) is 12.4. The smallest absolute Gasteiger partial charge is 0.219 e. The van der Waals surface area contributed by atoms with E-state index in [1.54, 1.807) is 18.2 Å². The quantitative estimate of drug-likeness (QED) is 0.846. The van der Waals surface area contributed by atoms with E-state index >= 15 is 0 Å². The molecule has 5 heteroatoms. The maximum absolute atomic E-state index is 5.89. The minimum absolute atomic E-state index is 0.464. The number of nitrogens with two attached hydrogens (primary N) is 1. The predicted octanol–water partition coefficient (Wildman–Crippen LogP) is 4.18. The molecule has 2 rings (SSSR count). The third kappa shape index (κ3) is 2.90. The average Bonchev–Trinajstić information content (AvgIpc) is 2.26. The standard InChI is InChI=1S/C12H10BrClN2O/c1-7-4-8(13)5-10(15)12(7)17-11-3-2-9(14)6-16-11/h2-6H,15H2,1H3. The predicted molar refractivity (Wildman–Crippen MR) is 72.6 cm³/mol. The molecule has 0 aliphatic rings. The van der Waals surface area contributed by atoms with Crippen molar-refractivity contribution >= 4 is 33.2 Å². The molecule has 0 aliphatic carbocycles. The first-order valence-corrected chi connectivity index (χ1v) is 6.08. The van der Waals surface area contributed by atoms with Crippen LogP contribution in [-0.4, -0.2) is 4.98 Å². The maximum Gasteiger partial charge on any atom is 0.219 e. The Bertz CT molecular complexity index is 520. The Labute approximate surface area is 113 Å². The Kier molecular flexibility index (Phi) is 3.54. The van der Waals surface area contributed by atoms with Gasteiger partial charge in [-0.1, -0.05) is 27.5 Å². The molecule has 1 aromatic heterocycles. The van der Waals surface area contributed by atoms with Crippen LogP contribution >= 0.6 is 27.5 Å². The monoisotopic (exact) mass is 312 g/mol. The van der Waals surface area contributed by atoms with Crippen LogP contribution in [-0.2, 0) is 0 Å². The van der Waals surface area contributed by atoms with Gasteiger partial charge in [0, 0.05) is 16.7 Å². The Balaban J connectivity index is 2.33. The lowest BCUT2D eigenvalue weighted by Gasteiger charge is -2.11. The molecular formula is C12H10BrClN2O. The van der Waals surface area contributed by atoms with Crippen molar-refractivity contribution in [3.8, 4) is 11.6 Å². The van der Waals surface area contributed by atoms with Gasteiger partial charge in [0.2, 0.25) is 5.88 Å². The van der Waals surface area contributed by atoms with Crippen molar-refractivity contribution in [1.29, 1.82) is 0 Å². The van der Waals surface area contributed by atoms with Crippen LogP contribution < -0.4 is 10.5 Å². The van der Waals surface area contributed by atoms with Gasteiger partial charge in [-0.05, 0) is 30.7 Å². The number of hydrogen-bond acceptors (Lipinski definition) is 3. The molecule has 0 aliphatic heterocycles. The summed E-state index contributed by atoms with van der Waals surface area (Å²) in [5.74, 6) is 1.08. The summed E-state index contributed by atoms with van der Waals surface area (Å²) < 4.78 is 6.55. The van der Waals surface area contributed by atoms with Gasteiger partial charge in [-0.2, -0.15) is 0 Å². The van der Waals surface area contributed by atoms with E-state index in [4.69, 9.17) is 22.1 Å². The lowest BCUT2D eigenvalue weighted by Crippen LogP contribution is -1.96. The van der Waals surface area contributed by atoms with E-state index in [1.807, 2.05) is 13.0 Å². The average molecular weight is 314 g/mol. The van der Waals surface area contributed by atoms with Crippen LogP contribution in [0.3, 0.4) is 0 Å². The van der Waals surface area contributed by atoms with E-state index in [9.17, 15) is 0 Å². The van der Waals surface area contributed by atoms with Crippen LogP contribution in [0.4, 0.5) is 5.69 Å². The van der Waals surface area contributed by atoms with Gasteiger partial charge in [0.15, 0.2) is 5.75 Å². The number of halogens is 2. The first kappa shape index (κ1) is 12.2. The number of hydrogen-bond donors (Lipinski definition) is 1. The normalized spacial score (nSPS) is 10.3. The first-order chi connectivity index (χ1) is 8.06. The van der Waals surface area contributed by atoms with Crippen molar-refractivity contribution in [3.63, 3.8) is 0 Å². The highest BCUT2D eigenvalue weighted by atomic mass is 79.9. The minimum atomic E-state index is 0.464. The van der Waals surface area contributed by atoms with Crippen molar-refractivity contribution < 1.29 is 4.74 Å². The second kappa shape index (κ2) is 4.94. The van der Waals surface area contributed by atoms with Gasteiger partial charge in [0.25, 0.3) is 0 Å². The van der Waals surface area contributed by atoms with Crippen LogP contribution in [0.1, 0.15) is 5.56 Å². The van der Waals surface area contributed by atoms with Gasteiger partial charge in [-0.15, -0.1) is 0 Å². The molecule has 0 fully saturated rings. The Morgan fingerprint density at radius 3 is 2.71 bits per heavy atom. The summed E-state index contributed by atoms with van der Waals surface area (Å²) in [5.41, 5.74) is 7.39. The van der Waals surface area contributed by atoms with Gasteiger partial charge in [-0.3, -0.25) is 0 Å². The molecule has 2 N–H and O–H groups in total. The lowest BCUT2D eigenvalue weighted by atomic mass is 10.2. The molecule has 0 saturated heterocycles. The van der Waals surface area contributed by atoms with Gasteiger partial charge in [-0.25, -0.2) is 4.98 Å². The minimum Gasteiger partial charge on any atom is -0.437 e. The fourth-order valence-electron chi connectivity index (χ4n) is 1.42. The molecule has 0 atom stereocenters. The SMILES string of the molecule is Cc1cc(Br)cc(N)c1Oc1ccc(Cl)cn1. The number of aromatic nitrogens is 1. The Morgan fingerprint density at radius 2 is 2.12 bits per heavy atom. The van der Waals surface area contributed by atoms with E-state index < -0.39 is 0 Å². The van der Waals surface area contributed by atoms with Crippen molar-refractivity contribution in [1.82, 2.24) is 4.98 Å². The molecule has 1 aromatic carbocycles. The van der Waals surface area contributed by atoms with Gasteiger partial charge in [0.1, 0.15) is 0 Å². The molecule has 88 valence electrons. The molecule has 17 heavy (non-hydrogen) atoms. The number of benzene rings is 1. The van der Waals surface area contributed by atoms with E-state index in [0.29, 0.717) is 22.3 Å². The molecule has 0 unspecified atom stereocenters. The third-order valence-electron chi connectivity index (χ3n) is 2.18. The highest BCUT2D eigenvalue weighted by molar-refractivity contribution is 9.10. The summed E-state index contributed by atoms with van der Waals surface area (Å²) in [4.78, 5) is 4.06. The van der Waals surface area contributed by atoms with Gasteiger partial charge >= 0.3 is 0 Å². The lowest BCUT2D eigenvalue weighted by molar-refractivity contribution is 0.462. The van der Waals surface area contributed by atoms with Crippen LogP contribution in [0.15, 0.2) is 34.9 Å². The number of rotatable bonds is 2. The molecule has 0 bridgehead atoms. The molecule has 2 aromatic rings. The maximum atomic E-state index is 5.89. The van der Waals surface area contributed by atoms with E-state index in [-0.39, 0.29) is 0 Å². The van der Waals surface area contributed by atoms with Gasteiger partial charge in [0.05, 0.1) is 10.7 Å². The van der Waals surface area contributed by atoms with E-state index in [0.717, 1.165) is 10.0 Å². The summed E-state index contributed by atoms with van der Waals surface area (Å²) in [6.07, 6.45) is 1.53. The molecule has 3 nitrogen and oxygen atoms in total. The van der Waals surface area contributed by atoms with Gasteiger partial charge < -0.3 is 10.5 Å².